The lowest BCUT2D eigenvalue weighted by atomic mass is 10.1. The lowest BCUT2D eigenvalue weighted by Crippen LogP contribution is -2.42. The number of hydrogen-bond acceptors (Lipinski definition) is 5. The van der Waals surface area contributed by atoms with E-state index in [1.54, 1.807) is 0 Å². The number of nitrogens with one attached hydrogen (secondary N) is 1. The van der Waals surface area contributed by atoms with Crippen molar-refractivity contribution in [2.45, 2.75) is 32.9 Å². The zero-order chi connectivity index (χ0) is 13.9. The second kappa shape index (κ2) is 5.07. The predicted octanol–water partition coefficient (Wildman–Crippen LogP) is 0.167. The average molecular weight is 254 g/mol. The van der Waals surface area contributed by atoms with Crippen LogP contribution in [0.5, 0.6) is 0 Å². The van der Waals surface area contributed by atoms with Crippen molar-refractivity contribution in [2.75, 3.05) is 12.8 Å². The molecule has 3 N–H and O–H groups in total. The van der Waals surface area contributed by atoms with E-state index in [1.807, 2.05) is 20.8 Å². The monoisotopic (exact) mass is 254 g/mol. The maximum atomic E-state index is 11.7. The van der Waals surface area contributed by atoms with E-state index in [9.17, 15) is 9.59 Å². The maximum Gasteiger partial charge on any atom is 0.360 e. The molecule has 0 saturated heterocycles. The van der Waals surface area contributed by atoms with E-state index in [2.05, 4.69) is 15.0 Å². The van der Waals surface area contributed by atoms with Crippen molar-refractivity contribution in [3.63, 3.8) is 0 Å². The molecule has 18 heavy (non-hydrogen) atoms. The molecule has 0 spiro atoms. The number of imidazole rings is 1. The number of nitrogens with two attached hydrogens (primary N) is 1. The Hall–Kier alpha value is -2.05. The Balaban J connectivity index is 2.78. The molecule has 0 fully saturated rings. The number of nitrogen functional groups attached to an aromatic ring is 1. The van der Waals surface area contributed by atoms with Crippen LogP contribution in [0.25, 0.3) is 0 Å². The van der Waals surface area contributed by atoms with Crippen LogP contribution in [0.15, 0.2) is 6.33 Å². The van der Waals surface area contributed by atoms with Crippen molar-refractivity contribution in [3.8, 4) is 0 Å². The van der Waals surface area contributed by atoms with E-state index in [1.165, 1.54) is 18.0 Å². The first-order valence-electron chi connectivity index (χ1n) is 5.44. The Labute approximate surface area is 105 Å². The molecular formula is C11H18N4O3. The number of carbonyl (C=O) groups excluding carboxylic acids is 2. The van der Waals surface area contributed by atoms with Gasteiger partial charge in [0, 0.05) is 5.54 Å². The molecule has 0 aliphatic rings. The molecule has 1 aromatic rings. The Kier molecular flexibility index (Phi) is 3.95. The summed E-state index contributed by atoms with van der Waals surface area (Å²) in [6, 6.07) is 0. The zero-order valence-electron chi connectivity index (χ0n) is 11.0. The molecule has 100 valence electrons. The molecule has 1 heterocycles. The van der Waals surface area contributed by atoms with Crippen LogP contribution in [0.4, 0.5) is 5.82 Å². The maximum absolute atomic E-state index is 11.7. The minimum absolute atomic E-state index is 0.00704. The molecular weight excluding hydrogens is 236 g/mol. The molecule has 0 aliphatic carbocycles. The van der Waals surface area contributed by atoms with E-state index in [0.717, 1.165) is 0 Å². The van der Waals surface area contributed by atoms with Crippen LogP contribution in [0.3, 0.4) is 0 Å². The smallest absolute Gasteiger partial charge is 0.360 e. The van der Waals surface area contributed by atoms with Crippen LogP contribution < -0.4 is 11.1 Å². The van der Waals surface area contributed by atoms with Gasteiger partial charge >= 0.3 is 5.97 Å². The minimum Gasteiger partial charge on any atom is -0.464 e. The summed E-state index contributed by atoms with van der Waals surface area (Å²) in [4.78, 5) is 26.8. The number of methoxy groups -OCH3 is 1. The molecule has 1 aromatic heterocycles. The van der Waals surface area contributed by atoms with Gasteiger partial charge in [0.25, 0.3) is 0 Å². The van der Waals surface area contributed by atoms with Crippen molar-refractivity contribution in [1.82, 2.24) is 14.9 Å². The van der Waals surface area contributed by atoms with Gasteiger partial charge < -0.3 is 20.4 Å². The summed E-state index contributed by atoms with van der Waals surface area (Å²) < 4.78 is 5.92. The fraction of sp³-hybridized carbons (Fsp3) is 0.545. The SMILES string of the molecule is COC(=O)c1ncn(CC(=O)NC(C)(C)C)c1N. The van der Waals surface area contributed by atoms with Gasteiger partial charge in [-0.1, -0.05) is 0 Å². The summed E-state index contributed by atoms with van der Waals surface area (Å²) in [6.07, 6.45) is 1.34. The van der Waals surface area contributed by atoms with Crippen molar-refractivity contribution in [1.29, 1.82) is 0 Å². The standard InChI is InChI=1S/C11H18N4O3/c1-11(2,3)14-7(16)5-15-6-13-8(9(15)12)10(17)18-4/h6H,5,12H2,1-4H3,(H,14,16). The molecule has 1 amide bonds. The molecule has 0 aliphatic heterocycles. The highest BCUT2D eigenvalue weighted by atomic mass is 16.5. The quantitative estimate of drug-likeness (QED) is 0.749. The molecule has 1 rings (SSSR count). The van der Waals surface area contributed by atoms with Crippen molar-refractivity contribution in [2.24, 2.45) is 0 Å². The van der Waals surface area contributed by atoms with Gasteiger partial charge in [-0.2, -0.15) is 0 Å². The molecule has 7 heteroatoms. The first kappa shape index (κ1) is 14.0. The van der Waals surface area contributed by atoms with Crippen LogP contribution >= 0.6 is 0 Å². The van der Waals surface area contributed by atoms with Gasteiger partial charge in [-0.25, -0.2) is 9.78 Å². The van der Waals surface area contributed by atoms with Gasteiger partial charge in [0.15, 0.2) is 5.69 Å². The van der Waals surface area contributed by atoms with E-state index < -0.39 is 5.97 Å². The molecule has 0 aromatic carbocycles. The summed E-state index contributed by atoms with van der Waals surface area (Å²) in [5.41, 5.74) is 5.40. The van der Waals surface area contributed by atoms with E-state index in [-0.39, 0.29) is 29.5 Å². The second-order valence-corrected chi connectivity index (χ2v) is 4.90. The summed E-state index contributed by atoms with van der Waals surface area (Å²) in [7, 11) is 1.24. The van der Waals surface area contributed by atoms with Gasteiger partial charge in [-0.15, -0.1) is 0 Å². The third kappa shape index (κ3) is 3.47. The zero-order valence-corrected chi connectivity index (χ0v) is 11.0. The number of amides is 1. The van der Waals surface area contributed by atoms with Gasteiger partial charge in [-0.05, 0) is 20.8 Å². The molecule has 0 radical (unpaired) electrons. The molecule has 0 unspecified atom stereocenters. The topological polar surface area (TPSA) is 99.2 Å². The van der Waals surface area contributed by atoms with Crippen LogP contribution in [0, 0.1) is 0 Å². The van der Waals surface area contributed by atoms with Gasteiger partial charge in [0.2, 0.25) is 5.91 Å². The highest BCUT2D eigenvalue weighted by Crippen LogP contribution is 2.11. The van der Waals surface area contributed by atoms with Gasteiger partial charge in [-0.3, -0.25) is 4.79 Å². The first-order chi connectivity index (χ1) is 8.24. The van der Waals surface area contributed by atoms with Gasteiger partial charge in [0.1, 0.15) is 12.4 Å². The third-order valence-electron chi connectivity index (χ3n) is 2.09. The third-order valence-corrected chi connectivity index (χ3v) is 2.09. The van der Waals surface area contributed by atoms with Crippen molar-refractivity contribution >= 4 is 17.7 Å². The fourth-order valence-corrected chi connectivity index (χ4v) is 1.38. The molecule has 0 saturated carbocycles. The number of esters is 1. The summed E-state index contributed by atoms with van der Waals surface area (Å²) in [5.74, 6) is -0.712. The molecule has 7 nitrogen and oxygen atoms in total. The number of rotatable bonds is 3. The average Bonchev–Trinajstić information content (AvgIpc) is 2.57. The number of carbonyl (C=O) groups is 2. The minimum atomic E-state index is -0.623. The summed E-state index contributed by atoms with van der Waals surface area (Å²) in [5, 5.41) is 2.79. The van der Waals surface area contributed by atoms with E-state index >= 15 is 0 Å². The number of aromatic nitrogens is 2. The summed E-state index contributed by atoms with van der Waals surface area (Å²) >= 11 is 0. The Morgan fingerprint density at radius 3 is 2.61 bits per heavy atom. The van der Waals surface area contributed by atoms with Crippen molar-refractivity contribution in [3.05, 3.63) is 12.0 Å². The number of hydrogen-bond donors (Lipinski definition) is 2. The highest BCUT2D eigenvalue weighted by Gasteiger charge is 2.19. The lowest BCUT2D eigenvalue weighted by Gasteiger charge is -2.20. The highest BCUT2D eigenvalue weighted by molar-refractivity contribution is 5.92. The van der Waals surface area contributed by atoms with Crippen LogP contribution in [0.2, 0.25) is 0 Å². The molecule has 0 atom stereocenters. The predicted molar refractivity (Wildman–Crippen MR) is 65.9 cm³/mol. The van der Waals surface area contributed by atoms with Crippen molar-refractivity contribution < 1.29 is 14.3 Å². The Bertz CT molecular complexity index is 459. The van der Waals surface area contributed by atoms with E-state index in [4.69, 9.17) is 5.73 Å². The lowest BCUT2D eigenvalue weighted by molar-refractivity contribution is -0.123. The molecule has 0 bridgehead atoms. The Morgan fingerprint density at radius 1 is 1.50 bits per heavy atom. The van der Waals surface area contributed by atoms with Crippen LogP contribution in [0.1, 0.15) is 31.3 Å². The van der Waals surface area contributed by atoms with Crippen LogP contribution in [-0.4, -0.2) is 34.1 Å². The number of nitrogens with zero attached hydrogens (tertiary/aromatic N) is 2. The fourth-order valence-electron chi connectivity index (χ4n) is 1.38. The van der Waals surface area contributed by atoms with Gasteiger partial charge in [0.05, 0.1) is 13.4 Å². The van der Waals surface area contributed by atoms with Crippen LogP contribution in [-0.2, 0) is 16.1 Å². The number of ether oxygens (including phenoxy) is 1. The normalized spacial score (nSPS) is 11.1. The van der Waals surface area contributed by atoms with E-state index in [0.29, 0.717) is 0 Å². The second-order valence-electron chi connectivity index (χ2n) is 4.90. The first-order valence-corrected chi connectivity index (χ1v) is 5.44. The Morgan fingerprint density at radius 2 is 2.11 bits per heavy atom. The summed E-state index contributed by atoms with van der Waals surface area (Å²) in [6.45, 7) is 5.64. The largest absolute Gasteiger partial charge is 0.464 e. The number of anilines is 1.